The van der Waals surface area contributed by atoms with Crippen LogP contribution in [0.4, 0.5) is 0 Å². The van der Waals surface area contributed by atoms with Gasteiger partial charge in [0.05, 0.1) is 12.3 Å². The Bertz CT molecular complexity index is 606. The minimum absolute atomic E-state index is 0.223. The molecule has 0 amide bonds. The van der Waals surface area contributed by atoms with Gasteiger partial charge >= 0.3 is 0 Å². The molecule has 1 fully saturated rings. The first kappa shape index (κ1) is 15.7. The van der Waals surface area contributed by atoms with Crippen LogP contribution in [-0.2, 0) is 5.75 Å². The summed E-state index contributed by atoms with van der Waals surface area (Å²) in [6.45, 7) is 4.75. The normalized spacial score (nSPS) is 16.3. The van der Waals surface area contributed by atoms with Gasteiger partial charge in [-0.15, -0.1) is 0 Å². The summed E-state index contributed by atoms with van der Waals surface area (Å²) >= 11 is 7.18. The second-order valence-electron chi connectivity index (χ2n) is 5.17. The van der Waals surface area contributed by atoms with Gasteiger partial charge in [0.15, 0.2) is 0 Å². The van der Waals surface area contributed by atoms with Gasteiger partial charge in [-0.25, -0.2) is 9.97 Å². The number of thiocarbonyl (C=S) groups is 1. The lowest BCUT2D eigenvalue weighted by Gasteiger charge is -2.35. The molecule has 3 rings (SSSR count). The molecule has 0 radical (unpaired) electrons. The molecule has 0 spiro atoms. The zero-order valence-corrected chi connectivity index (χ0v) is 13.9. The van der Waals surface area contributed by atoms with E-state index in [1.807, 2.05) is 22.9 Å². The lowest BCUT2D eigenvalue weighted by Crippen LogP contribution is -2.48. The maximum atomic E-state index is 8.96. The van der Waals surface area contributed by atoms with Gasteiger partial charge < -0.3 is 10.0 Å². The van der Waals surface area contributed by atoms with Crippen molar-refractivity contribution in [3.63, 3.8) is 0 Å². The van der Waals surface area contributed by atoms with Crippen LogP contribution in [0, 0.1) is 0 Å². The molecule has 0 bridgehead atoms. The molecule has 1 N–H and O–H groups in total. The average molecular weight is 337 g/mol. The molecule has 6 nitrogen and oxygen atoms in total. The van der Waals surface area contributed by atoms with Crippen LogP contribution in [0.3, 0.4) is 0 Å². The predicted molar refractivity (Wildman–Crippen MR) is 92.0 cm³/mol. The number of hydrogen-bond acceptors (Lipinski definition) is 6. The van der Waals surface area contributed by atoms with E-state index in [4.69, 9.17) is 17.3 Å². The summed E-state index contributed by atoms with van der Waals surface area (Å²) in [5.41, 5.74) is 0.991. The molecule has 1 saturated heterocycles. The summed E-state index contributed by atoms with van der Waals surface area (Å²) in [5.74, 6) is 1.49. The predicted octanol–water partition coefficient (Wildman–Crippen LogP) is 0.857. The van der Waals surface area contributed by atoms with Gasteiger partial charge in [0.2, 0.25) is 5.78 Å². The van der Waals surface area contributed by atoms with Crippen molar-refractivity contribution in [3.8, 4) is 0 Å². The Morgan fingerprint density at radius 2 is 2.14 bits per heavy atom. The molecular formula is C14H19N5OS2. The summed E-state index contributed by atoms with van der Waals surface area (Å²) in [6, 6.07) is 1.89. The van der Waals surface area contributed by atoms with E-state index in [1.54, 1.807) is 18.0 Å². The highest BCUT2D eigenvalue weighted by atomic mass is 32.2. The first-order valence-corrected chi connectivity index (χ1v) is 8.69. The highest BCUT2D eigenvalue weighted by Crippen LogP contribution is 2.17. The van der Waals surface area contributed by atoms with E-state index >= 15 is 0 Å². The van der Waals surface area contributed by atoms with Gasteiger partial charge in [0.1, 0.15) is 4.32 Å². The van der Waals surface area contributed by atoms with Crippen LogP contribution in [0.5, 0.6) is 0 Å². The highest BCUT2D eigenvalue weighted by molar-refractivity contribution is 8.22. The molecular weight excluding hydrogens is 318 g/mol. The number of fused-ring (bicyclic) bond motifs is 1. The molecule has 118 valence electrons. The number of aliphatic hydroxyl groups is 1. The number of β-amino-alcohol motifs (C(OH)–C–C–N with tert-alkyl or cyclic N) is 1. The Morgan fingerprint density at radius 3 is 2.86 bits per heavy atom. The van der Waals surface area contributed by atoms with E-state index in [9.17, 15) is 0 Å². The van der Waals surface area contributed by atoms with Crippen molar-refractivity contribution in [2.24, 2.45) is 0 Å². The molecule has 0 aromatic carbocycles. The molecule has 0 atom stereocenters. The van der Waals surface area contributed by atoms with Crippen LogP contribution >= 0.6 is 24.0 Å². The Hall–Kier alpha value is -1.22. The molecule has 8 heteroatoms. The molecule has 1 aliphatic heterocycles. The molecule has 2 aromatic heterocycles. The van der Waals surface area contributed by atoms with Gasteiger partial charge in [0.25, 0.3) is 0 Å². The van der Waals surface area contributed by atoms with Gasteiger partial charge in [-0.3, -0.25) is 9.30 Å². The van der Waals surface area contributed by atoms with Crippen LogP contribution in [0.15, 0.2) is 24.7 Å². The standard InChI is InChI=1S/C14H19N5OS2/c20-9-8-17-4-6-18(7-5-17)14(21)22-11-12-10-19-3-1-2-15-13(19)16-12/h1-3,10,20H,4-9,11H2. The fourth-order valence-corrected chi connectivity index (χ4v) is 3.61. The van der Waals surface area contributed by atoms with Crippen molar-refractivity contribution in [1.82, 2.24) is 24.2 Å². The molecule has 0 saturated carbocycles. The van der Waals surface area contributed by atoms with E-state index in [0.29, 0.717) is 0 Å². The summed E-state index contributed by atoms with van der Waals surface area (Å²) in [5, 5.41) is 8.96. The Labute approximate surface area is 139 Å². The molecule has 22 heavy (non-hydrogen) atoms. The van der Waals surface area contributed by atoms with E-state index < -0.39 is 0 Å². The smallest absolute Gasteiger partial charge is 0.233 e. The van der Waals surface area contributed by atoms with Crippen LogP contribution in [-0.4, -0.2) is 72.9 Å². The SMILES string of the molecule is OCCN1CCN(C(=S)SCc2cn3cccnc3n2)CC1. The number of aliphatic hydroxyl groups excluding tert-OH is 1. The van der Waals surface area contributed by atoms with Crippen molar-refractivity contribution >= 4 is 34.1 Å². The van der Waals surface area contributed by atoms with Crippen molar-refractivity contribution < 1.29 is 5.11 Å². The summed E-state index contributed by atoms with van der Waals surface area (Å²) in [7, 11) is 0. The van der Waals surface area contributed by atoms with Crippen molar-refractivity contribution in [2.75, 3.05) is 39.3 Å². The average Bonchev–Trinajstić information content (AvgIpc) is 2.96. The third-order valence-corrected chi connectivity index (χ3v) is 5.23. The second kappa shape index (κ2) is 7.36. The monoisotopic (exact) mass is 337 g/mol. The minimum Gasteiger partial charge on any atom is -0.395 e. The summed E-state index contributed by atoms with van der Waals surface area (Å²) in [4.78, 5) is 13.2. The van der Waals surface area contributed by atoms with Crippen LogP contribution in [0.25, 0.3) is 5.78 Å². The first-order valence-electron chi connectivity index (χ1n) is 7.30. The lowest BCUT2D eigenvalue weighted by molar-refractivity contribution is 0.149. The largest absolute Gasteiger partial charge is 0.395 e. The number of nitrogens with zero attached hydrogens (tertiary/aromatic N) is 5. The van der Waals surface area contributed by atoms with E-state index in [0.717, 1.165) is 54.3 Å². The van der Waals surface area contributed by atoms with Gasteiger partial charge in [-0.05, 0) is 6.07 Å². The van der Waals surface area contributed by atoms with Crippen LogP contribution in [0.1, 0.15) is 5.69 Å². The Kier molecular flexibility index (Phi) is 5.24. The third-order valence-electron chi connectivity index (χ3n) is 3.68. The fraction of sp³-hybridized carbons (Fsp3) is 0.500. The topological polar surface area (TPSA) is 56.9 Å². The number of piperazine rings is 1. The van der Waals surface area contributed by atoms with E-state index in [2.05, 4.69) is 19.8 Å². The number of hydrogen-bond donors (Lipinski definition) is 1. The number of rotatable bonds is 4. The van der Waals surface area contributed by atoms with Crippen LogP contribution < -0.4 is 0 Å². The molecule has 0 aliphatic carbocycles. The Morgan fingerprint density at radius 1 is 1.32 bits per heavy atom. The highest BCUT2D eigenvalue weighted by Gasteiger charge is 2.18. The molecule has 1 aliphatic rings. The Balaban J connectivity index is 1.50. The number of imidazole rings is 1. The zero-order valence-electron chi connectivity index (χ0n) is 12.3. The van der Waals surface area contributed by atoms with Crippen molar-refractivity contribution in [2.45, 2.75) is 5.75 Å². The second-order valence-corrected chi connectivity index (χ2v) is 6.78. The van der Waals surface area contributed by atoms with Crippen LogP contribution in [0.2, 0.25) is 0 Å². The fourth-order valence-electron chi connectivity index (χ4n) is 2.47. The quantitative estimate of drug-likeness (QED) is 0.830. The first-order chi connectivity index (χ1) is 10.8. The number of aromatic nitrogens is 3. The van der Waals surface area contributed by atoms with Gasteiger partial charge in [0, 0.05) is 57.1 Å². The lowest BCUT2D eigenvalue weighted by atomic mass is 10.3. The van der Waals surface area contributed by atoms with Gasteiger partial charge in [-0.2, -0.15) is 0 Å². The molecule has 2 aromatic rings. The maximum Gasteiger partial charge on any atom is 0.233 e. The summed E-state index contributed by atoms with van der Waals surface area (Å²) in [6.07, 6.45) is 5.69. The van der Waals surface area contributed by atoms with E-state index in [1.165, 1.54) is 0 Å². The minimum atomic E-state index is 0.223. The third kappa shape index (κ3) is 3.75. The molecule has 0 unspecified atom stereocenters. The number of thioether (sulfide) groups is 1. The van der Waals surface area contributed by atoms with Gasteiger partial charge in [-0.1, -0.05) is 24.0 Å². The zero-order chi connectivity index (χ0) is 15.4. The summed E-state index contributed by atoms with van der Waals surface area (Å²) < 4.78 is 2.85. The van der Waals surface area contributed by atoms with Crippen molar-refractivity contribution in [3.05, 3.63) is 30.4 Å². The van der Waals surface area contributed by atoms with Crippen molar-refractivity contribution in [1.29, 1.82) is 0 Å². The van der Waals surface area contributed by atoms with E-state index in [-0.39, 0.29) is 6.61 Å². The molecule has 3 heterocycles. The maximum absolute atomic E-state index is 8.96.